The zero-order valence-corrected chi connectivity index (χ0v) is 13.0. The lowest BCUT2D eigenvalue weighted by molar-refractivity contribution is -0.772. The first-order chi connectivity index (χ1) is 10.8. The number of thioether (sulfide) groups is 1. The van der Waals surface area contributed by atoms with E-state index in [0.29, 0.717) is 0 Å². The summed E-state index contributed by atoms with van der Waals surface area (Å²) in [6, 6.07) is 3.69. The third-order valence-electron chi connectivity index (χ3n) is 2.87. The number of hydrogen-bond acceptors (Lipinski definition) is 7. The zero-order chi connectivity index (χ0) is 17.1. The first kappa shape index (κ1) is 16.6. The Balaban J connectivity index is 2.10. The predicted molar refractivity (Wildman–Crippen MR) is 76.1 cm³/mol. The fourth-order valence-corrected chi connectivity index (χ4v) is 2.50. The van der Waals surface area contributed by atoms with Crippen molar-refractivity contribution in [1.82, 2.24) is 5.27 Å². The van der Waals surface area contributed by atoms with Crippen molar-refractivity contribution < 1.29 is 34.1 Å². The molecule has 0 aliphatic heterocycles. The molecule has 1 atom stereocenters. The molecule has 9 nitrogen and oxygen atoms in total. The number of hydrogen-bond donors (Lipinski definition) is 3. The Bertz CT molecular complexity index is 741. The number of benzene rings is 1. The quantitative estimate of drug-likeness (QED) is 0.396. The van der Waals surface area contributed by atoms with Gasteiger partial charge in [-0.2, -0.15) is 0 Å². The van der Waals surface area contributed by atoms with Gasteiger partial charge in [-0.05, 0) is 36.9 Å². The highest BCUT2D eigenvalue weighted by molar-refractivity contribution is 8.00. The van der Waals surface area contributed by atoms with E-state index in [4.69, 9.17) is 5.11 Å². The van der Waals surface area contributed by atoms with Gasteiger partial charge in [-0.15, -0.1) is 0 Å². The minimum Gasteiger partial charge on any atom is -0.538 e. The van der Waals surface area contributed by atoms with Gasteiger partial charge in [0.05, 0.1) is 10.5 Å². The number of nitrogens with zero attached hydrogens (tertiary/aromatic N) is 2. The highest BCUT2D eigenvalue weighted by Crippen LogP contribution is 2.27. The summed E-state index contributed by atoms with van der Waals surface area (Å²) in [4.78, 5) is 23.1. The van der Waals surface area contributed by atoms with E-state index in [1.807, 2.05) is 0 Å². The number of carbonyl (C=O) groups excluding carboxylic acids is 1. The number of nitrogens with one attached hydrogen (secondary N) is 1. The molecule has 2 rings (SSSR count). The van der Waals surface area contributed by atoms with Crippen LogP contribution in [0.25, 0.3) is 0 Å². The summed E-state index contributed by atoms with van der Waals surface area (Å²) in [5.74, 6) is -2.80. The van der Waals surface area contributed by atoms with Crippen LogP contribution in [0.2, 0.25) is 0 Å². The van der Waals surface area contributed by atoms with Crippen molar-refractivity contribution in [3.63, 3.8) is 0 Å². The van der Waals surface area contributed by atoms with Crippen LogP contribution in [0.1, 0.15) is 17.3 Å². The van der Waals surface area contributed by atoms with Crippen LogP contribution in [0.4, 0.5) is 5.69 Å². The van der Waals surface area contributed by atoms with Crippen molar-refractivity contribution in [2.45, 2.75) is 17.2 Å². The van der Waals surface area contributed by atoms with E-state index in [-0.39, 0.29) is 16.3 Å². The number of carboxylic acid groups (broad SMARTS) is 1. The Morgan fingerprint density at radius 3 is 2.74 bits per heavy atom. The maximum atomic E-state index is 12.1. The fourth-order valence-electron chi connectivity index (χ4n) is 1.68. The van der Waals surface area contributed by atoms with Crippen LogP contribution in [-0.4, -0.2) is 32.6 Å². The molecule has 0 saturated heterocycles. The summed E-state index contributed by atoms with van der Waals surface area (Å²) in [6.45, 7) is 1.57. The maximum absolute atomic E-state index is 12.1. The second-order valence-electron chi connectivity index (χ2n) is 4.58. The van der Waals surface area contributed by atoms with Gasteiger partial charge >= 0.3 is 5.97 Å². The lowest BCUT2D eigenvalue weighted by Crippen LogP contribution is -2.33. The monoisotopic (exact) mass is 339 g/mol. The molecule has 122 valence electrons. The molecule has 0 fully saturated rings. The Hall–Kier alpha value is -2.75. The Morgan fingerprint density at radius 1 is 1.48 bits per heavy atom. The maximum Gasteiger partial charge on any atom is 0.339 e. The Labute approximate surface area is 134 Å². The van der Waals surface area contributed by atoms with Crippen LogP contribution < -0.4 is 15.1 Å². The summed E-state index contributed by atoms with van der Waals surface area (Å²) in [5, 5.41) is 35.3. The number of carbonyl (C=O) groups is 2. The molecule has 23 heavy (non-hydrogen) atoms. The molecule has 2 aromatic rings. The van der Waals surface area contributed by atoms with Crippen molar-refractivity contribution in [2.24, 2.45) is 7.05 Å². The van der Waals surface area contributed by atoms with Gasteiger partial charge in [0.15, 0.2) is 13.0 Å². The molecule has 0 saturated carbocycles. The molecule has 3 N–H and O–H groups in total. The van der Waals surface area contributed by atoms with Gasteiger partial charge in [0.1, 0.15) is 11.3 Å². The van der Waals surface area contributed by atoms with E-state index in [0.717, 1.165) is 17.8 Å². The van der Waals surface area contributed by atoms with Gasteiger partial charge in [0.25, 0.3) is 5.03 Å². The predicted octanol–water partition coefficient (Wildman–Crippen LogP) is 0.0958. The topological polar surface area (TPSA) is 140 Å². The van der Waals surface area contributed by atoms with Gasteiger partial charge in [-0.1, -0.05) is 4.68 Å². The lowest BCUT2D eigenvalue weighted by Gasteiger charge is -2.11. The molecule has 0 aliphatic rings. The molecular formula is C13H13N3O6S. The average Bonchev–Trinajstić information content (AvgIpc) is 2.80. The molecule has 0 radical (unpaired) electrons. The van der Waals surface area contributed by atoms with Crippen LogP contribution in [-0.2, 0) is 11.8 Å². The molecule has 0 spiro atoms. The fraction of sp³-hybridized carbons (Fsp3) is 0.231. The number of anilines is 1. The number of amides is 1. The van der Waals surface area contributed by atoms with Gasteiger partial charge < -0.3 is 25.2 Å². The number of rotatable bonds is 5. The molecule has 1 unspecified atom stereocenters. The summed E-state index contributed by atoms with van der Waals surface area (Å²) >= 11 is 0.961. The molecule has 1 aromatic carbocycles. The van der Waals surface area contributed by atoms with E-state index in [2.05, 4.69) is 15.1 Å². The number of phenols is 1. The minimum absolute atomic E-state index is 0.171. The van der Waals surface area contributed by atoms with Gasteiger partial charge in [0, 0.05) is 5.69 Å². The van der Waals surface area contributed by atoms with E-state index in [1.165, 1.54) is 23.9 Å². The minimum atomic E-state index is -1.31. The van der Waals surface area contributed by atoms with Crippen molar-refractivity contribution in [3.8, 4) is 11.7 Å². The summed E-state index contributed by atoms with van der Waals surface area (Å²) in [7, 11) is 1.51. The second-order valence-corrected chi connectivity index (χ2v) is 5.91. The summed E-state index contributed by atoms with van der Waals surface area (Å²) in [6.07, 6.45) is 0. The molecule has 1 amide bonds. The molecular weight excluding hydrogens is 326 g/mol. The number of aromatic hydroxyl groups is 1. The number of aromatic carboxylic acids is 1. The third-order valence-corrected chi connectivity index (χ3v) is 4.09. The average molecular weight is 339 g/mol. The lowest BCUT2D eigenvalue weighted by atomic mass is 10.2. The van der Waals surface area contributed by atoms with Crippen molar-refractivity contribution in [3.05, 3.63) is 23.8 Å². The Morgan fingerprint density at radius 2 is 2.17 bits per heavy atom. The standard InChI is InChI=1S/C13H12N3O6S/c1-6(23-11-13(21)22-15-16(11)2)10(18)14-7-3-4-9(17)8(5-7)12(19)20/h3-6H,1-2H3,(H2,19,20,21)/q-1/p+1. The summed E-state index contributed by atoms with van der Waals surface area (Å²) < 4.78 is 5.68. The van der Waals surface area contributed by atoms with Crippen molar-refractivity contribution in [2.75, 3.05) is 5.32 Å². The van der Waals surface area contributed by atoms with Gasteiger partial charge in [-0.3, -0.25) is 4.79 Å². The smallest absolute Gasteiger partial charge is 0.339 e. The molecule has 1 aromatic heterocycles. The van der Waals surface area contributed by atoms with Crippen molar-refractivity contribution >= 4 is 29.3 Å². The van der Waals surface area contributed by atoms with Crippen LogP contribution in [0, 0.1) is 0 Å². The molecule has 10 heteroatoms. The third kappa shape index (κ3) is 3.72. The van der Waals surface area contributed by atoms with E-state index in [1.54, 1.807) is 6.92 Å². The zero-order valence-electron chi connectivity index (χ0n) is 12.1. The van der Waals surface area contributed by atoms with Gasteiger partial charge in [-0.25, -0.2) is 4.79 Å². The highest BCUT2D eigenvalue weighted by Gasteiger charge is 2.23. The SMILES string of the molecule is CC(Sc1c([O-])on[n+]1C)C(=O)Nc1ccc(O)c(C(=O)O)c1. The highest BCUT2D eigenvalue weighted by atomic mass is 32.2. The summed E-state index contributed by atoms with van der Waals surface area (Å²) in [5.41, 5.74) is -0.106. The van der Waals surface area contributed by atoms with E-state index >= 15 is 0 Å². The number of aromatic nitrogens is 2. The Kier molecular flexibility index (Phi) is 4.74. The number of carboxylic acids is 1. The molecule has 0 bridgehead atoms. The second kappa shape index (κ2) is 6.57. The van der Waals surface area contributed by atoms with Crippen LogP contribution in [0.5, 0.6) is 11.7 Å². The largest absolute Gasteiger partial charge is 0.538 e. The normalized spacial score (nSPS) is 11.9. The van der Waals surface area contributed by atoms with E-state index in [9.17, 15) is 19.8 Å². The first-order valence-corrected chi connectivity index (χ1v) is 7.24. The van der Waals surface area contributed by atoms with Crippen molar-refractivity contribution in [1.29, 1.82) is 0 Å². The van der Waals surface area contributed by atoms with E-state index < -0.39 is 28.8 Å². The molecule has 0 aliphatic carbocycles. The number of aryl methyl sites for hydroxylation is 1. The molecule has 1 heterocycles. The van der Waals surface area contributed by atoms with Crippen LogP contribution in [0.15, 0.2) is 27.7 Å². The van der Waals surface area contributed by atoms with Gasteiger partial charge in [0.2, 0.25) is 5.91 Å². The first-order valence-electron chi connectivity index (χ1n) is 6.36. The van der Waals surface area contributed by atoms with Crippen LogP contribution in [0.3, 0.4) is 0 Å². The van der Waals surface area contributed by atoms with Crippen LogP contribution >= 0.6 is 11.8 Å².